The van der Waals surface area contributed by atoms with E-state index < -0.39 is 0 Å². The van der Waals surface area contributed by atoms with Gasteiger partial charge in [-0.05, 0) is 18.6 Å². The van der Waals surface area contributed by atoms with Gasteiger partial charge in [0.25, 0.3) is 0 Å². The highest BCUT2D eigenvalue weighted by molar-refractivity contribution is 14.0. The van der Waals surface area contributed by atoms with Crippen molar-refractivity contribution in [2.75, 3.05) is 20.1 Å². The molecule has 27 heavy (non-hydrogen) atoms. The van der Waals surface area contributed by atoms with Crippen molar-refractivity contribution >= 4 is 45.9 Å². The van der Waals surface area contributed by atoms with E-state index in [1.54, 1.807) is 6.33 Å². The van der Waals surface area contributed by atoms with E-state index in [1.165, 1.54) is 5.56 Å². The van der Waals surface area contributed by atoms with Crippen LogP contribution in [0.3, 0.4) is 0 Å². The van der Waals surface area contributed by atoms with Crippen LogP contribution in [0.15, 0.2) is 52.2 Å². The van der Waals surface area contributed by atoms with E-state index in [9.17, 15) is 0 Å². The molecule has 0 bridgehead atoms. The molecule has 0 fully saturated rings. The Labute approximate surface area is 187 Å². The van der Waals surface area contributed by atoms with Gasteiger partial charge < -0.3 is 14.8 Å². The summed E-state index contributed by atoms with van der Waals surface area (Å²) in [5.74, 6) is 1.85. The number of aromatic nitrogens is 3. The van der Waals surface area contributed by atoms with E-state index in [0.29, 0.717) is 6.54 Å². The van der Waals surface area contributed by atoms with Crippen molar-refractivity contribution in [1.29, 1.82) is 0 Å². The Hall–Kier alpha value is -1.42. The number of aliphatic imine (C=N–C) groups is 1. The fourth-order valence-electron chi connectivity index (χ4n) is 2.51. The lowest BCUT2D eigenvalue weighted by Gasteiger charge is -2.23. The van der Waals surface area contributed by atoms with Gasteiger partial charge in [0.1, 0.15) is 12.2 Å². The quantitative estimate of drug-likeness (QED) is 0.236. The van der Waals surface area contributed by atoms with E-state index in [-0.39, 0.29) is 24.0 Å². The second kappa shape index (κ2) is 12.1. The molecule has 0 spiro atoms. The molecule has 0 aliphatic carbocycles. The molecular formula is C19H28BrIN6. The zero-order valence-electron chi connectivity index (χ0n) is 16.2. The minimum atomic E-state index is 0. The molecule has 0 aliphatic rings. The fourth-order valence-corrected chi connectivity index (χ4v) is 2.92. The third-order valence-electron chi connectivity index (χ3n) is 3.87. The number of benzene rings is 1. The second-order valence-corrected chi connectivity index (χ2v) is 7.12. The van der Waals surface area contributed by atoms with Crippen molar-refractivity contribution in [2.45, 2.75) is 33.4 Å². The minimum absolute atomic E-state index is 0. The molecule has 6 nitrogen and oxygen atoms in total. The summed E-state index contributed by atoms with van der Waals surface area (Å²) in [6.45, 7) is 10.9. The number of hydrogen-bond donors (Lipinski definition) is 1. The Bertz CT molecular complexity index is 758. The van der Waals surface area contributed by atoms with Crippen molar-refractivity contribution in [1.82, 2.24) is 25.0 Å². The van der Waals surface area contributed by atoms with Crippen LogP contribution < -0.4 is 5.32 Å². The highest BCUT2D eigenvalue weighted by Crippen LogP contribution is 2.17. The molecule has 1 N–H and O–H groups in total. The normalized spacial score (nSPS) is 11.0. The van der Waals surface area contributed by atoms with E-state index >= 15 is 0 Å². The van der Waals surface area contributed by atoms with Gasteiger partial charge in [-0.25, -0.2) is 4.99 Å². The number of aryl methyl sites for hydroxylation is 1. The highest BCUT2D eigenvalue weighted by atomic mass is 127. The molecule has 1 aromatic carbocycles. The van der Waals surface area contributed by atoms with Crippen molar-refractivity contribution in [3.05, 3.63) is 58.6 Å². The molecule has 0 aliphatic heterocycles. The Morgan fingerprint density at radius 3 is 2.78 bits per heavy atom. The predicted molar refractivity (Wildman–Crippen MR) is 126 cm³/mol. The van der Waals surface area contributed by atoms with Gasteiger partial charge in [0.05, 0.1) is 6.54 Å². The predicted octanol–water partition coefficient (Wildman–Crippen LogP) is 3.87. The first-order valence-electron chi connectivity index (χ1n) is 8.75. The van der Waals surface area contributed by atoms with Gasteiger partial charge in [-0.1, -0.05) is 53.2 Å². The Morgan fingerprint density at radius 2 is 2.11 bits per heavy atom. The van der Waals surface area contributed by atoms with Gasteiger partial charge in [0.15, 0.2) is 5.96 Å². The topological polar surface area (TPSA) is 58.3 Å². The molecule has 2 rings (SSSR count). The first kappa shape index (κ1) is 23.6. The summed E-state index contributed by atoms with van der Waals surface area (Å²) in [6, 6.07) is 8.23. The standard InChI is InChI=1S/C19H27BrN6.HI/c1-5-18-24-23-14-26(18)11-10-21-19(22-12-15(2)3)25(4)13-16-8-6-7-9-17(16)20;/h6-9,14H,2,5,10-13H2,1,3-4H3,(H,21,22);1H. The second-order valence-electron chi connectivity index (χ2n) is 6.27. The van der Waals surface area contributed by atoms with Gasteiger partial charge in [0.2, 0.25) is 0 Å². The average Bonchev–Trinajstić information content (AvgIpc) is 3.07. The van der Waals surface area contributed by atoms with Crippen LogP contribution in [-0.2, 0) is 19.5 Å². The summed E-state index contributed by atoms with van der Waals surface area (Å²) in [5, 5.41) is 11.5. The van der Waals surface area contributed by atoms with Gasteiger partial charge in [-0.3, -0.25) is 0 Å². The molecule has 8 heteroatoms. The lowest BCUT2D eigenvalue weighted by atomic mass is 10.2. The molecule has 0 unspecified atom stereocenters. The van der Waals surface area contributed by atoms with E-state index in [1.807, 2.05) is 26.1 Å². The fraction of sp³-hybridized carbons (Fsp3) is 0.421. The third kappa shape index (κ3) is 7.61. The summed E-state index contributed by atoms with van der Waals surface area (Å²) in [6.07, 6.45) is 2.65. The average molecular weight is 547 g/mol. The molecule has 2 aromatic rings. The van der Waals surface area contributed by atoms with Gasteiger partial charge in [0, 0.05) is 37.6 Å². The molecule has 1 aromatic heterocycles. The number of halogens is 2. The monoisotopic (exact) mass is 546 g/mol. The zero-order valence-corrected chi connectivity index (χ0v) is 20.1. The van der Waals surface area contributed by atoms with Crippen molar-refractivity contribution in [3.8, 4) is 0 Å². The molecule has 0 atom stereocenters. The van der Waals surface area contributed by atoms with Crippen LogP contribution in [-0.4, -0.2) is 45.8 Å². The van der Waals surface area contributed by atoms with Gasteiger partial charge in [-0.15, -0.1) is 34.2 Å². The molecule has 0 radical (unpaired) electrons. The summed E-state index contributed by atoms with van der Waals surface area (Å²) in [7, 11) is 2.04. The minimum Gasteiger partial charge on any atom is -0.354 e. The van der Waals surface area contributed by atoms with Gasteiger partial charge >= 0.3 is 0 Å². The number of nitrogens with one attached hydrogen (secondary N) is 1. The molecular weight excluding hydrogens is 519 g/mol. The Balaban J connectivity index is 0.00000364. The van der Waals surface area contributed by atoms with E-state index in [4.69, 9.17) is 0 Å². The van der Waals surface area contributed by atoms with E-state index in [2.05, 4.69) is 71.5 Å². The van der Waals surface area contributed by atoms with Crippen LogP contribution in [0, 0.1) is 0 Å². The van der Waals surface area contributed by atoms with Gasteiger partial charge in [-0.2, -0.15) is 0 Å². The van der Waals surface area contributed by atoms with Crippen molar-refractivity contribution < 1.29 is 0 Å². The molecule has 1 heterocycles. The largest absolute Gasteiger partial charge is 0.354 e. The number of hydrogen-bond acceptors (Lipinski definition) is 3. The molecule has 0 saturated heterocycles. The third-order valence-corrected chi connectivity index (χ3v) is 4.65. The first-order chi connectivity index (χ1) is 12.5. The Morgan fingerprint density at radius 1 is 1.37 bits per heavy atom. The maximum atomic E-state index is 4.69. The summed E-state index contributed by atoms with van der Waals surface area (Å²) in [5.41, 5.74) is 2.25. The SMILES string of the molecule is C=C(C)CN=C(NCCn1cnnc1CC)N(C)Cc1ccccc1Br.I. The van der Waals surface area contributed by atoms with Crippen LogP contribution in [0.1, 0.15) is 25.2 Å². The zero-order chi connectivity index (χ0) is 18.9. The summed E-state index contributed by atoms with van der Waals surface area (Å²) >= 11 is 3.61. The first-order valence-corrected chi connectivity index (χ1v) is 9.54. The lowest BCUT2D eigenvalue weighted by Crippen LogP contribution is -2.40. The van der Waals surface area contributed by atoms with Crippen LogP contribution in [0.25, 0.3) is 0 Å². The maximum Gasteiger partial charge on any atom is 0.194 e. The van der Waals surface area contributed by atoms with Crippen LogP contribution in [0.4, 0.5) is 0 Å². The lowest BCUT2D eigenvalue weighted by molar-refractivity contribution is 0.470. The molecule has 0 amide bonds. The summed E-state index contributed by atoms with van der Waals surface area (Å²) < 4.78 is 3.17. The Kier molecular flexibility index (Phi) is 10.6. The molecule has 0 saturated carbocycles. The van der Waals surface area contributed by atoms with Crippen LogP contribution >= 0.6 is 39.9 Å². The number of rotatable bonds is 8. The maximum absolute atomic E-state index is 4.69. The number of nitrogens with zero attached hydrogens (tertiary/aromatic N) is 5. The van der Waals surface area contributed by atoms with Crippen LogP contribution in [0.2, 0.25) is 0 Å². The summed E-state index contributed by atoms with van der Waals surface area (Å²) in [4.78, 5) is 6.81. The van der Waals surface area contributed by atoms with Crippen molar-refractivity contribution in [2.24, 2.45) is 4.99 Å². The van der Waals surface area contributed by atoms with Crippen LogP contribution in [0.5, 0.6) is 0 Å². The highest BCUT2D eigenvalue weighted by Gasteiger charge is 2.09. The smallest absolute Gasteiger partial charge is 0.194 e. The van der Waals surface area contributed by atoms with E-state index in [0.717, 1.165) is 47.9 Å². The van der Waals surface area contributed by atoms with Crippen molar-refractivity contribution in [3.63, 3.8) is 0 Å². The number of guanidine groups is 1. The molecule has 148 valence electrons.